The number of ether oxygens (including phenoxy) is 1. The molecule has 3 rings (SSSR count). The number of aromatic nitrogens is 3. The van der Waals surface area contributed by atoms with Gasteiger partial charge in [-0.25, -0.2) is 9.97 Å². The zero-order chi connectivity index (χ0) is 17.8. The molecule has 5 nitrogen and oxygen atoms in total. The van der Waals surface area contributed by atoms with Crippen molar-refractivity contribution in [1.82, 2.24) is 15.0 Å². The number of thioether (sulfide) groups is 1. The second-order valence-corrected chi connectivity index (χ2v) is 6.83. The minimum atomic E-state index is 0.270. The smallest absolute Gasteiger partial charge is 0.137 e. The van der Waals surface area contributed by atoms with Crippen molar-refractivity contribution in [3.05, 3.63) is 42.5 Å². The van der Waals surface area contributed by atoms with Crippen LogP contribution in [0.1, 0.15) is 19.4 Å². The molecule has 0 spiro atoms. The van der Waals surface area contributed by atoms with Crippen molar-refractivity contribution in [2.45, 2.75) is 31.4 Å². The number of nitrogens with zero attached hydrogens (tertiary/aromatic N) is 3. The van der Waals surface area contributed by atoms with Gasteiger partial charge in [-0.2, -0.15) is 0 Å². The normalized spacial score (nSPS) is 11.0. The Balaban J connectivity index is 1.85. The Bertz CT molecular complexity index is 888. The molecule has 0 aliphatic heterocycles. The summed E-state index contributed by atoms with van der Waals surface area (Å²) in [6.45, 7) is 4.52. The lowest BCUT2D eigenvalue weighted by Crippen LogP contribution is -2.14. The van der Waals surface area contributed by atoms with E-state index in [2.05, 4.69) is 40.2 Å². The molecule has 7 heteroatoms. The molecule has 0 amide bonds. The average molecular weight is 350 g/mol. The number of fused-ring (bicyclic) bond motifs is 1. The summed E-state index contributed by atoms with van der Waals surface area (Å²) in [5, 5.41) is 4.19. The molecule has 25 heavy (non-hydrogen) atoms. The van der Waals surface area contributed by atoms with E-state index in [-0.39, 0.29) is 6.04 Å². The monoisotopic (exact) mass is 350 g/mol. The van der Waals surface area contributed by atoms with Gasteiger partial charge in [-0.05, 0) is 26.2 Å². The minimum absolute atomic E-state index is 0.270. The van der Waals surface area contributed by atoms with Crippen LogP contribution in [-0.2, 0) is 6.61 Å². The van der Waals surface area contributed by atoms with Crippen molar-refractivity contribution >= 4 is 41.8 Å². The van der Waals surface area contributed by atoms with Crippen LogP contribution >= 0.6 is 11.8 Å². The first-order valence-corrected chi connectivity index (χ1v) is 9.20. The lowest BCUT2D eigenvalue weighted by atomic mass is 9.93. The summed E-state index contributed by atoms with van der Waals surface area (Å²) in [6.07, 6.45) is 7.19. The first-order valence-electron chi connectivity index (χ1n) is 7.98. The topological polar surface area (TPSA) is 59.9 Å². The Morgan fingerprint density at radius 3 is 2.80 bits per heavy atom. The van der Waals surface area contributed by atoms with Crippen molar-refractivity contribution in [2.75, 3.05) is 11.6 Å². The van der Waals surface area contributed by atoms with Crippen LogP contribution in [-0.4, -0.2) is 35.1 Å². The van der Waals surface area contributed by atoms with Crippen molar-refractivity contribution in [2.24, 2.45) is 0 Å². The number of hydrogen-bond acceptors (Lipinski definition) is 6. The molecular formula is C18H19BN4OS. The molecule has 0 unspecified atom stereocenters. The molecule has 0 aliphatic rings. The van der Waals surface area contributed by atoms with Gasteiger partial charge in [-0.3, -0.25) is 4.98 Å². The van der Waals surface area contributed by atoms with Crippen LogP contribution in [0.25, 0.3) is 10.9 Å². The fourth-order valence-corrected chi connectivity index (χ4v) is 2.86. The van der Waals surface area contributed by atoms with Crippen LogP contribution in [0.4, 0.5) is 5.82 Å². The predicted molar refractivity (Wildman–Crippen MR) is 104 cm³/mol. The molecule has 2 radical (unpaired) electrons. The highest BCUT2D eigenvalue weighted by atomic mass is 32.2. The first kappa shape index (κ1) is 17.5. The molecule has 1 N–H and O–H groups in total. The van der Waals surface area contributed by atoms with Gasteiger partial charge >= 0.3 is 0 Å². The Labute approximate surface area is 153 Å². The molecule has 0 atom stereocenters. The van der Waals surface area contributed by atoms with Gasteiger partial charge in [0.1, 0.15) is 32.3 Å². The van der Waals surface area contributed by atoms with Crippen molar-refractivity contribution < 1.29 is 4.74 Å². The highest BCUT2D eigenvalue weighted by Gasteiger charge is 2.09. The molecular weight excluding hydrogens is 331 g/mol. The van der Waals surface area contributed by atoms with Crippen molar-refractivity contribution in [3.63, 3.8) is 0 Å². The van der Waals surface area contributed by atoms with Gasteiger partial charge in [0, 0.05) is 40.3 Å². The van der Waals surface area contributed by atoms with Gasteiger partial charge in [0.25, 0.3) is 0 Å². The number of benzene rings is 1. The first-order chi connectivity index (χ1) is 12.1. The van der Waals surface area contributed by atoms with Gasteiger partial charge < -0.3 is 10.1 Å². The summed E-state index contributed by atoms with van der Waals surface area (Å²) in [4.78, 5) is 14.0. The molecule has 1 aromatic carbocycles. The number of rotatable bonds is 6. The number of pyridine rings is 1. The van der Waals surface area contributed by atoms with E-state index in [0.717, 1.165) is 27.2 Å². The molecule has 0 fully saturated rings. The van der Waals surface area contributed by atoms with Crippen LogP contribution in [0.3, 0.4) is 0 Å². The molecule has 126 valence electrons. The fraction of sp³-hybridized carbons (Fsp3) is 0.278. The van der Waals surface area contributed by atoms with Crippen LogP contribution in [0.2, 0.25) is 0 Å². The molecule has 3 aromatic rings. The number of anilines is 1. The summed E-state index contributed by atoms with van der Waals surface area (Å²) in [5.74, 6) is 1.38. The van der Waals surface area contributed by atoms with Gasteiger partial charge in [-0.15, -0.1) is 11.8 Å². The third kappa shape index (κ3) is 4.23. The summed E-state index contributed by atoms with van der Waals surface area (Å²) >= 11 is 1.65. The third-order valence-corrected chi connectivity index (χ3v) is 4.29. The van der Waals surface area contributed by atoms with Crippen LogP contribution in [0, 0.1) is 0 Å². The second-order valence-electron chi connectivity index (χ2n) is 5.95. The zero-order valence-corrected chi connectivity index (χ0v) is 15.3. The molecule has 0 aliphatic carbocycles. The third-order valence-electron chi connectivity index (χ3n) is 3.59. The largest absolute Gasteiger partial charge is 0.489 e. The summed E-state index contributed by atoms with van der Waals surface area (Å²) < 4.78 is 5.90. The zero-order valence-electron chi connectivity index (χ0n) is 14.5. The minimum Gasteiger partial charge on any atom is -0.489 e. The van der Waals surface area contributed by atoms with E-state index in [0.29, 0.717) is 17.8 Å². The number of nitrogens with one attached hydrogen (secondary N) is 1. The molecule has 0 bridgehead atoms. The van der Waals surface area contributed by atoms with Gasteiger partial charge in [-0.1, -0.05) is 11.5 Å². The lowest BCUT2D eigenvalue weighted by Gasteiger charge is -2.14. The molecule has 0 saturated heterocycles. The maximum Gasteiger partial charge on any atom is 0.137 e. The Morgan fingerprint density at radius 1 is 1.20 bits per heavy atom. The van der Waals surface area contributed by atoms with E-state index < -0.39 is 0 Å². The average Bonchev–Trinajstić information content (AvgIpc) is 2.60. The summed E-state index contributed by atoms with van der Waals surface area (Å²) in [7, 11) is 6.18. The Kier molecular flexibility index (Phi) is 5.43. The van der Waals surface area contributed by atoms with Crippen LogP contribution in [0.15, 0.2) is 41.8 Å². The van der Waals surface area contributed by atoms with E-state index in [9.17, 15) is 0 Å². The maximum absolute atomic E-state index is 6.18. The Hall–Kier alpha value is -2.28. The summed E-state index contributed by atoms with van der Waals surface area (Å²) in [6, 6.07) is 6.03. The SMILES string of the molecule is [B]c1cc2c(NC(C)C)ncnc2cc1OCc1cncc(SC)c1. The predicted octanol–water partition coefficient (Wildman–Crippen LogP) is 2.94. The van der Waals surface area contributed by atoms with Gasteiger partial charge in [0.15, 0.2) is 0 Å². The van der Waals surface area contributed by atoms with Crippen molar-refractivity contribution in [3.8, 4) is 5.75 Å². The van der Waals surface area contributed by atoms with E-state index >= 15 is 0 Å². The lowest BCUT2D eigenvalue weighted by molar-refractivity contribution is 0.308. The van der Waals surface area contributed by atoms with Gasteiger partial charge in [0.2, 0.25) is 0 Å². The summed E-state index contributed by atoms with van der Waals surface area (Å²) in [5.41, 5.74) is 2.35. The maximum atomic E-state index is 6.18. The van der Waals surface area contributed by atoms with Crippen molar-refractivity contribution in [1.29, 1.82) is 0 Å². The van der Waals surface area contributed by atoms with E-state index in [1.807, 2.05) is 24.6 Å². The highest BCUT2D eigenvalue weighted by molar-refractivity contribution is 7.98. The number of hydrogen-bond donors (Lipinski definition) is 1. The second kappa shape index (κ2) is 7.74. The highest BCUT2D eigenvalue weighted by Crippen LogP contribution is 2.23. The molecule has 2 heterocycles. The molecule has 2 aromatic heterocycles. The quantitative estimate of drug-likeness (QED) is 0.545. The van der Waals surface area contributed by atoms with Gasteiger partial charge in [0.05, 0.1) is 5.52 Å². The van der Waals surface area contributed by atoms with Crippen LogP contribution < -0.4 is 15.5 Å². The molecule has 0 saturated carbocycles. The Morgan fingerprint density at radius 2 is 2.04 bits per heavy atom. The van der Waals surface area contributed by atoms with Crippen LogP contribution in [0.5, 0.6) is 5.75 Å². The fourth-order valence-electron chi connectivity index (χ4n) is 2.43. The van der Waals surface area contributed by atoms with E-state index in [4.69, 9.17) is 12.6 Å². The van der Waals surface area contributed by atoms with E-state index in [1.165, 1.54) is 0 Å². The van der Waals surface area contributed by atoms with E-state index in [1.54, 1.807) is 24.3 Å². The standard InChI is InChI=1S/C18H19BN4OS/c1-11(2)23-18-14-5-15(19)17(6-16(14)21-10-22-18)24-9-12-4-13(25-3)8-20-7-12/h4-8,10-11H,9H2,1-3H3,(H,21,22,23).